The number of aromatic nitrogens is 1. The molecule has 1 aromatic heterocycles. The molecule has 52 heavy (non-hydrogen) atoms. The van der Waals surface area contributed by atoms with Gasteiger partial charge in [0.25, 0.3) is 0 Å². The van der Waals surface area contributed by atoms with Crippen LogP contribution >= 0.6 is 11.3 Å². The topological polar surface area (TPSA) is 195 Å². The summed E-state index contributed by atoms with van der Waals surface area (Å²) >= 11 is 1.57. The van der Waals surface area contributed by atoms with Crippen molar-refractivity contribution in [3.63, 3.8) is 0 Å². The van der Waals surface area contributed by atoms with E-state index < -0.39 is 35.5 Å². The van der Waals surface area contributed by atoms with E-state index in [1.54, 1.807) is 11.3 Å². The molecule has 290 valence electrons. The number of benzene rings is 1. The first-order chi connectivity index (χ1) is 24.9. The number of amides is 3. The molecule has 16 heteroatoms. The van der Waals surface area contributed by atoms with Gasteiger partial charge in [-0.05, 0) is 23.5 Å². The van der Waals surface area contributed by atoms with Crippen molar-refractivity contribution in [1.82, 2.24) is 20.5 Å². The molecule has 2 aromatic rings. The maximum Gasteiger partial charge on any atom is 0.305 e. The largest absolute Gasteiger partial charge is 0.481 e. The summed E-state index contributed by atoms with van der Waals surface area (Å²) in [5.74, 6) is -2.06. The molecule has 1 aromatic carbocycles. The van der Waals surface area contributed by atoms with Crippen molar-refractivity contribution in [2.75, 3.05) is 72.6 Å². The Morgan fingerprint density at radius 2 is 1.42 bits per heavy atom. The highest BCUT2D eigenvalue weighted by Crippen LogP contribution is 2.28. The fourth-order valence-electron chi connectivity index (χ4n) is 5.32. The van der Waals surface area contributed by atoms with E-state index in [9.17, 15) is 24.3 Å². The second-order valence-electron chi connectivity index (χ2n) is 13.4. The number of nitrogens with zero attached hydrogens (tertiary/aromatic N) is 2. The maximum atomic E-state index is 13.8. The molecule has 2 heterocycles. The highest BCUT2D eigenvalue weighted by atomic mass is 32.1. The van der Waals surface area contributed by atoms with E-state index >= 15 is 0 Å². The quantitative estimate of drug-likeness (QED) is 0.114. The number of aliphatic hydroxyl groups is 1. The summed E-state index contributed by atoms with van der Waals surface area (Å²) in [6.07, 6.45) is -0.755. The van der Waals surface area contributed by atoms with Gasteiger partial charge in [-0.2, -0.15) is 0 Å². The Morgan fingerprint density at radius 1 is 0.885 bits per heavy atom. The highest BCUT2D eigenvalue weighted by Gasteiger charge is 2.44. The average Bonchev–Trinajstić information content (AvgIpc) is 3.72. The van der Waals surface area contributed by atoms with Gasteiger partial charge in [-0.1, -0.05) is 45.0 Å². The van der Waals surface area contributed by atoms with Crippen LogP contribution in [0.15, 0.2) is 29.8 Å². The highest BCUT2D eigenvalue weighted by molar-refractivity contribution is 7.13. The van der Waals surface area contributed by atoms with E-state index in [2.05, 4.69) is 15.6 Å². The van der Waals surface area contributed by atoms with E-state index in [-0.39, 0.29) is 64.0 Å². The lowest BCUT2D eigenvalue weighted by molar-refractivity contribution is -0.144. The van der Waals surface area contributed by atoms with Gasteiger partial charge in [0.05, 0.1) is 94.7 Å². The Labute approximate surface area is 309 Å². The Kier molecular flexibility index (Phi) is 18.6. The van der Waals surface area contributed by atoms with Gasteiger partial charge < -0.3 is 49.4 Å². The molecule has 0 bridgehead atoms. The molecule has 1 saturated heterocycles. The minimum atomic E-state index is -0.922. The zero-order valence-corrected chi connectivity index (χ0v) is 31.4. The zero-order chi connectivity index (χ0) is 37.9. The van der Waals surface area contributed by atoms with Crippen LogP contribution in [0, 0.1) is 12.3 Å². The number of carbonyl (C=O) groups excluding carboxylic acids is 3. The van der Waals surface area contributed by atoms with Crippen LogP contribution in [0.5, 0.6) is 0 Å². The summed E-state index contributed by atoms with van der Waals surface area (Å²) in [6, 6.07) is 6.06. The molecule has 3 rings (SSSR count). The minimum absolute atomic E-state index is 0.00277. The molecule has 1 fully saturated rings. The van der Waals surface area contributed by atoms with Crippen molar-refractivity contribution in [3.05, 3.63) is 41.0 Å². The third-order valence-electron chi connectivity index (χ3n) is 8.13. The molecule has 3 atom stereocenters. The fraction of sp³-hybridized carbons (Fsp3) is 0.639. The van der Waals surface area contributed by atoms with Crippen molar-refractivity contribution < 1.29 is 53.1 Å². The van der Waals surface area contributed by atoms with Gasteiger partial charge in [0.1, 0.15) is 12.1 Å². The van der Waals surface area contributed by atoms with Crippen LogP contribution in [0.1, 0.15) is 51.3 Å². The average molecular weight is 751 g/mol. The number of aryl methyl sites for hydroxylation is 1. The SMILES string of the molecule is Cc1ncsc1-c1ccc(CNC(=O)[C@@H]2C[C@@H](O)CN2C(=O)[C@H](NC(=O)CCOCCOCCOCCOCCOCCC(=O)O)C(C)(C)C)cc1. The molecule has 0 spiro atoms. The number of ether oxygens (including phenoxy) is 5. The number of carboxylic acid groups (broad SMARTS) is 1. The van der Waals surface area contributed by atoms with Crippen LogP contribution < -0.4 is 10.6 Å². The minimum Gasteiger partial charge on any atom is -0.481 e. The number of β-amino-alcohol motifs (C(OH)–C–C–N with tert-alkyl or cyclic N) is 1. The van der Waals surface area contributed by atoms with Gasteiger partial charge in [-0.25, -0.2) is 4.98 Å². The number of hydrogen-bond donors (Lipinski definition) is 4. The zero-order valence-electron chi connectivity index (χ0n) is 30.6. The van der Waals surface area contributed by atoms with Gasteiger partial charge in [0, 0.05) is 25.9 Å². The summed E-state index contributed by atoms with van der Waals surface area (Å²) in [5, 5.41) is 24.7. The van der Waals surface area contributed by atoms with Gasteiger partial charge >= 0.3 is 5.97 Å². The molecule has 0 aliphatic carbocycles. The number of nitrogens with one attached hydrogen (secondary N) is 2. The molecule has 15 nitrogen and oxygen atoms in total. The Morgan fingerprint density at radius 3 is 1.92 bits per heavy atom. The molecular formula is C36H54N4O11S. The van der Waals surface area contributed by atoms with E-state index in [1.165, 1.54) is 4.90 Å². The van der Waals surface area contributed by atoms with Crippen LogP contribution in [0.2, 0.25) is 0 Å². The number of aliphatic hydroxyl groups excluding tert-OH is 1. The Bertz CT molecular complexity index is 1400. The summed E-state index contributed by atoms with van der Waals surface area (Å²) in [5.41, 5.74) is 4.05. The monoisotopic (exact) mass is 750 g/mol. The van der Waals surface area contributed by atoms with Gasteiger partial charge in [0.2, 0.25) is 17.7 Å². The first-order valence-corrected chi connectivity index (χ1v) is 18.4. The van der Waals surface area contributed by atoms with E-state index in [1.807, 2.05) is 57.5 Å². The normalized spacial score (nSPS) is 16.5. The lowest BCUT2D eigenvalue weighted by atomic mass is 9.85. The number of carboxylic acids is 1. The number of likely N-dealkylation sites (tertiary alicyclic amines) is 1. The molecule has 1 aliphatic rings. The second kappa shape index (κ2) is 22.5. The Balaban J connectivity index is 1.32. The predicted molar refractivity (Wildman–Crippen MR) is 193 cm³/mol. The standard InChI is InChI=1S/C36H54N4O11S/c1-25-32(52-24-38-25)27-7-5-26(6-8-27)22-37-34(45)29-21-28(41)23-40(29)35(46)33(36(2,3)4)39-30(42)9-11-47-13-15-49-17-19-51-20-18-50-16-14-48-12-10-31(43)44/h5-8,24,28-29,33,41H,9-23H2,1-4H3,(H,37,45)(H,39,42)(H,43,44)/t28-,29+,33+/m1/s1. The number of aliphatic carboxylic acids is 1. The predicted octanol–water partition coefficient (Wildman–Crippen LogP) is 2.18. The van der Waals surface area contributed by atoms with Crippen LogP contribution in [-0.4, -0.2) is 135 Å². The molecule has 0 saturated carbocycles. The molecular weight excluding hydrogens is 696 g/mol. The van der Waals surface area contributed by atoms with Crippen LogP contribution in [0.4, 0.5) is 0 Å². The van der Waals surface area contributed by atoms with Crippen molar-refractivity contribution in [1.29, 1.82) is 0 Å². The number of hydrogen-bond acceptors (Lipinski definition) is 12. The number of thiazole rings is 1. The second-order valence-corrected chi connectivity index (χ2v) is 14.3. The number of rotatable bonds is 24. The Hall–Kier alpha value is -3.51. The number of carbonyl (C=O) groups is 4. The lowest BCUT2D eigenvalue weighted by Gasteiger charge is -2.35. The molecule has 0 radical (unpaired) electrons. The van der Waals surface area contributed by atoms with Gasteiger partial charge in [-0.3, -0.25) is 19.2 Å². The third kappa shape index (κ3) is 15.2. The summed E-state index contributed by atoms with van der Waals surface area (Å²) < 4.78 is 26.9. The van der Waals surface area contributed by atoms with E-state index in [0.29, 0.717) is 46.2 Å². The van der Waals surface area contributed by atoms with Gasteiger partial charge in [-0.15, -0.1) is 11.3 Å². The maximum absolute atomic E-state index is 13.8. The van der Waals surface area contributed by atoms with Crippen LogP contribution in [0.3, 0.4) is 0 Å². The summed E-state index contributed by atoms with van der Waals surface area (Å²) in [4.78, 5) is 57.1. The van der Waals surface area contributed by atoms with Crippen molar-refractivity contribution in [2.45, 2.75) is 71.7 Å². The first-order valence-electron chi connectivity index (χ1n) is 17.5. The lowest BCUT2D eigenvalue weighted by Crippen LogP contribution is -2.57. The molecule has 4 N–H and O–H groups in total. The van der Waals surface area contributed by atoms with E-state index in [4.69, 9.17) is 28.8 Å². The van der Waals surface area contributed by atoms with Crippen LogP contribution in [0.25, 0.3) is 10.4 Å². The summed E-state index contributed by atoms with van der Waals surface area (Å²) in [6.45, 7) is 10.8. The molecule has 3 amide bonds. The molecule has 1 aliphatic heterocycles. The third-order valence-corrected chi connectivity index (χ3v) is 9.11. The van der Waals surface area contributed by atoms with Gasteiger partial charge in [0.15, 0.2) is 0 Å². The van der Waals surface area contributed by atoms with E-state index in [0.717, 1.165) is 21.7 Å². The van der Waals surface area contributed by atoms with Crippen molar-refractivity contribution >= 4 is 35.0 Å². The van der Waals surface area contributed by atoms with Crippen molar-refractivity contribution in [3.8, 4) is 10.4 Å². The molecule has 0 unspecified atom stereocenters. The fourth-order valence-corrected chi connectivity index (χ4v) is 6.13. The van der Waals surface area contributed by atoms with Crippen molar-refractivity contribution in [2.24, 2.45) is 5.41 Å². The van der Waals surface area contributed by atoms with Crippen LogP contribution in [-0.2, 0) is 49.4 Å². The first kappa shape index (κ1) is 42.9. The summed E-state index contributed by atoms with van der Waals surface area (Å²) in [7, 11) is 0. The smallest absolute Gasteiger partial charge is 0.305 e.